The van der Waals surface area contributed by atoms with Gasteiger partial charge in [-0.25, -0.2) is 4.79 Å². The Balaban J connectivity index is 2.73. The van der Waals surface area contributed by atoms with Crippen LogP contribution in [0.2, 0.25) is 0 Å². The van der Waals surface area contributed by atoms with E-state index in [1.807, 2.05) is 18.2 Å². The number of hydrogen-bond donors (Lipinski definition) is 0. The number of ether oxygens (including phenoxy) is 2. The molecule has 4 heteroatoms. The van der Waals surface area contributed by atoms with E-state index >= 15 is 0 Å². The molecule has 0 amide bonds. The molecule has 3 nitrogen and oxygen atoms in total. The monoisotopic (exact) mass is 226 g/mol. The first-order chi connectivity index (χ1) is 7.29. The molecule has 0 N–H and O–H groups in total. The lowest BCUT2D eigenvalue weighted by atomic mass is 10.2. The maximum atomic E-state index is 11.4. The summed E-state index contributed by atoms with van der Waals surface area (Å²) in [5.41, 5.74) is 0.612. The molecule has 0 fully saturated rings. The summed E-state index contributed by atoms with van der Waals surface area (Å²) in [6.45, 7) is 0.667. The van der Waals surface area contributed by atoms with Crippen molar-refractivity contribution in [2.24, 2.45) is 0 Å². The third kappa shape index (κ3) is 3.57. The molecule has 0 unspecified atom stereocenters. The molecular weight excluding hydrogens is 212 g/mol. The van der Waals surface area contributed by atoms with Crippen molar-refractivity contribution in [3.63, 3.8) is 0 Å². The van der Waals surface area contributed by atoms with Crippen molar-refractivity contribution >= 4 is 17.7 Å². The Kier molecular flexibility index (Phi) is 5.21. The summed E-state index contributed by atoms with van der Waals surface area (Å²) in [6, 6.07) is 7.40. The number of rotatable bonds is 5. The molecule has 0 bridgehead atoms. The molecule has 82 valence electrons. The Morgan fingerprint density at radius 1 is 1.33 bits per heavy atom. The lowest BCUT2D eigenvalue weighted by molar-refractivity contribution is 0.0597. The summed E-state index contributed by atoms with van der Waals surface area (Å²) in [5, 5.41) is 0. The van der Waals surface area contributed by atoms with Crippen LogP contribution in [0.1, 0.15) is 10.4 Å². The Labute approximate surface area is 93.8 Å². The van der Waals surface area contributed by atoms with Crippen LogP contribution in [0.15, 0.2) is 29.2 Å². The fraction of sp³-hybridized carbons (Fsp3) is 0.364. The topological polar surface area (TPSA) is 35.5 Å². The molecular formula is C11H14O3S. The van der Waals surface area contributed by atoms with Crippen molar-refractivity contribution in [3.05, 3.63) is 29.8 Å². The van der Waals surface area contributed by atoms with E-state index in [2.05, 4.69) is 0 Å². The summed E-state index contributed by atoms with van der Waals surface area (Å²) >= 11 is 1.59. The van der Waals surface area contributed by atoms with Gasteiger partial charge in [-0.05, 0) is 12.1 Å². The molecule has 0 spiro atoms. The highest BCUT2D eigenvalue weighted by atomic mass is 32.2. The number of carbonyl (C=O) groups is 1. The first kappa shape index (κ1) is 12.1. The molecule has 0 aliphatic rings. The highest BCUT2D eigenvalue weighted by Crippen LogP contribution is 2.22. The van der Waals surface area contributed by atoms with Crippen LogP contribution in [0.4, 0.5) is 0 Å². The fourth-order valence-electron chi connectivity index (χ4n) is 1.11. The molecule has 0 heterocycles. The lowest BCUT2D eigenvalue weighted by Gasteiger charge is -2.06. The third-order valence-corrected chi connectivity index (χ3v) is 2.88. The average molecular weight is 226 g/mol. The van der Waals surface area contributed by atoms with Crippen LogP contribution in [-0.2, 0) is 9.47 Å². The van der Waals surface area contributed by atoms with Gasteiger partial charge in [-0.15, -0.1) is 11.8 Å². The second-order valence-electron chi connectivity index (χ2n) is 2.83. The van der Waals surface area contributed by atoms with Crippen molar-refractivity contribution < 1.29 is 14.3 Å². The van der Waals surface area contributed by atoms with Crippen LogP contribution in [0.25, 0.3) is 0 Å². The number of thioether (sulfide) groups is 1. The van der Waals surface area contributed by atoms with Crippen LogP contribution in [-0.4, -0.2) is 32.5 Å². The molecule has 1 aromatic rings. The first-order valence-corrected chi connectivity index (χ1v) is 5.57. The Bertz CT molecular complexity index is 325. The first-order valence-electron chi connectivity index (χ1n) is 4.58. The Morgan fingerprint density at radius 2 is 2.07 bits per heavy atom. The van der Waals surface area contributed by atoms with Gasteiger partial charge in [0.2, 0.25) is 0 Å². The van der Waals surface area contributed by atoms with Crippen LogP contribution in [0, 0.1) is 0 Å². The molecule has 0 radical (unpaired) electrons. The van der Waals surface area contributed by atoms with Gasteiger partial charge in [0, 0.05) is 17.8 Å². The Morgan fingerprint density at radius 3 is 2.73 bits per heavy atom. The average Bonchev–Trinajstić information content (AvgIpc) is 2.29. The summed E-state index contributed by atoms with van der Waals surface area (Å²) in [7, 11) is 3.05. The number of benzene rings is 1. The summed E-state index contributed by atoms with van der Waals surface area (Å²) in [5.74, 6) is 0.528. The second-order valence-corrected chi connectivity index (χ2v) is 3.97. The van der Waals surface area contributed by atoms with Gasteiger partial charge in [0.1, 0.15) is 0 Å². The predicted molar refractivity (Wildman–Crippen MR) is 60.4 cm³/mol. The van der Waals surface area contributed by atoms with Gasteiger partial charge in [-0.1, -0.05) is 12.1 Å². The van der Waals surface area contributed by atoms with Crippen LogP contribution >= 0.6 is 11.8 Å². The minimum Gasteiger partial charge on any atom is -0.465 e. The molecule has 0 saturated carbocycles. The highest BCUT2D eigenvalue weighted by Gasteiger charge is 2.10. The van der Waals surface area contributed by atoms with E-state index in [1.54, 1.807) is 24.9 Å². The zero-order valence-corrected chi connectivity index (χ0v) is 9.67. The number of esters is 1. The zero-order valence-electron chi connectivity index (χ0n) is 8.86. The quantitative estimate of drug-likeness (QED) is 0.438. The summed E-state index contributed by atoms with van der Waals surface area (Å²) < 4.78 is 9.65. The van der Waals surface area contributed by atoms with E-state index in [-0.39, 0.29) is 5.97 Å². The van der Waals surface area contributed by atoms with Gasteiger partial charge in [-0.3, -0.25) is 0 Å². The van der Waals surface area contributed by atoms with E-state index in [0.717, 1.165) is 10.6 Å². The largest absolute Gasteiger partial charge is 0.465 e. The maximum Gasteiger partial charge on any atom is 0.338 e. The maximum absolute atomic E-state index is 11.4. The predicted octanol–water partition coefficient (Wildman–Crippen LogP) is 2.21. The van der Waals surface area contributed by atoms with Crippen molar-refractivity contribution in [2.45, 2.75) is 4.90 Å². The molecule has 0 aromatic heterocycles. The van der Waals surface area contributed by atoms with Gasteiger partial charge in [0.25, 0.3) is 0 Å². The standard InChI is InChI=1S/C11H14O3S/c1-13-7-8-15-10-6-4-3-5-9(10)11(12)14-2/h3-6H,7-8H2,1-2H3. The fourth-order valence-corrected chi connectivity index (χ4v) is 2.06. The van der Waals surface area contributed by atoms with Crippen molar-refractivity contribution in [3.8, 4) is 0 Å². The van der Waals surface area contributed by atoms with Gasteiger partial charge < -0.3 is 9.47 Å². The van der Waals surface area contributed by atoms with E-state index in [9.17, 15) is 4.79 Å². The Hall–Kier alpha value is -1.00. The van der Waals surface area contributed by atoms with Crippen LogP contribution < -0.4 is 0 Å². The molecule has 0 saturated heterocycles. The lowest BCUT2D eigenvalue weighted by Crippen LogP contribution is -2.03. The highest BCUT2D eigenvalue weighted by molar-refractivity contribution is 7.99. The normalized spacial score (nSPS) is 10.0. The second kappa shape index (κ2) is 6.48. The van der Waals surface area contributed by atoms with Crippen molar-refractivity contribution in [1.29, 1.82) is 0 Å². The van der Waals surface area contributed by atoms with Crippen LogP contribution in [0.5, 0.6) is 0 Å². The molecule has 0 atom stereocenters. The van der Waals surface area contributed by atoms with Crippen molar-refractivity contribution in [1.82, 2.24) is 0 Å². The van der Waals surface area contributed by atoms with Gasteiger partial charge >= 0.3 is 5.97 Å². The summed E-state index contributed by atoms with van der Waals surface area (Å²) in [6.07, 6.45) is 0. The van der Waals surface area contributed by atoms with Crippen LogP contribution in [0.3, 0.4) is 0 Å². The van der Waals surface area contributed by atoms with E-state index < -0.39 is 0 Å². The van der Waals surface area contributed by atoms with Crippen molar-refractivity contribution in [2.75, 3.05) is 26.6 Å². The zero-order chi connectivity index (χ0) is 11.1. The number of methoxy groups -OCH3 is 2. The molecule has 0 aliphatic carbocycles. The molecule has 0 aliphatic heterocycles. The van der Waals surface area contributed by atoms with E-state index in [0.29, 0.717) is 12.2 Å². The number of carbonyl (C=O) groups excluding carboxylic acids is 1. The smallest absolute Gasteiger partial charge is 0.338 e. The van der Waals surface area contributed by atoms with Gasteiger partial charge in [-0.2, -0.15) is 0 Å². The SMILES string of the molecule is COCCSc1ccccc1C(=O)OC. The molecule has 1 aromatic carbocycles. The van der Waals surface area contributed by atoms with E-state index in [4.69, 9.17) is 9.47 Å². The molecule has 1 rings (SSSR count). The number of hydrogen-bond acceptors (Lipinski definition) is 4. The molecule has 15 heavy (non-hydrogen) atoms. The third-order valence-electron chi connectivity index (χ3n) is 1.84. The minimum atomic E-state index is -0.296. The minimum absolute atomic E-state index is 0.296. The van der Waals surface area contributed by atoms with E-state index in [1.165, 1.54) is 7.11 Å². The summed E-state index contributed by atoms with van der Waals surface area (Å²) in [4.78, 5) is 12.3. The van der Waals surface area contributed by atoms with Gasteiger partial charge in [0.15, 0.2) is 0 Å². The van der Waals surface area contributed by atoms with Gasteiger partial charge in [0.05, 0.1) is 19.3 Å².